The van der Waals surface area contributed by atoms with Gasteiger partial charge in [0, 0.05) is 19.3 Å². The molecule has 0 aliphatic heterocycles. The highest BCUT2D eigenvalue weighted by Crippen LogP contribution is 2.33. The maximum atomic E-state index is 12.7. The second kappa shape index (κ2) is 7.50. The van der Waals surface area contributed by atoms with Crippen LogP contribution in [0.3, 0.4) is 0 Å². The van der Waals surface area contributed by atoms with Gasteiger partial charge < -0.3 is 15.4 Å². The normalized spacial score (nSPS) is 10.8. The molecule has 0 atom stereocenters. The van der Waals surface area contributed by atoms with Crippen molar-refractivity contribution < 1.29 is 22.7 Å². The van der Waals surface area contributed by atoms with Gasteiger partial charge in [-0.15, -0.1) is 0 Å². The maximum Gasteiger partial charge on any atom is 0.417 e. The second-order valence-electron chi connectivity index (χ2n) is 4.07. The van der Waals surface area contributed by atoms with E-state index in [1.807, 2.05) is 0 Å². The third-order valence-electron chi connectivity index (χ3n) is 2.53. The van der Waals surface area contributed by atoms with Crippen LogP contribution in [0.2, 0.25) is 0 Å². The van der Waals surface area contributed by atoms with Crippen molar-refractivity contribution >= 4 is 11.6 Å². The Morgan fingerprint density at radius 1 is 1.43 bits per heavy atom. The first kappa shape index (κ1) is 16.8. The highest BCUT2D eigenvalue weighted by molar-refractivity contribution is 5.80. The van der Waals surface area contributed by atoms with Crippen LogP contribution in [0, 0.1) is 11.3 Å². The smallest absolute Gasteiger partial charge is 0.383 e. The number of amides is 1. The summed E-state index contributed by atoms with van der Waals surface area (Å²) in [6, 6.07) is 4.67. The number of nitriles is 1. The van der Waals surface area contributed by atoms with Gasteiger partial charge in [-0.2, -0.15) is 18.4 Å². The number of ether oxygens (including phenoxy) is 1. The fourth-order valence-corrected chi connectivity index (χ4v) is 1.52. The molecule has 2 N–H and O–H groups in total. The van der Waals surface area contributed by atoms with Crippen molar-refractivity contribution in [1.82, 2.24) is 5.32 Å². The number of alkyl halides is 3. The average Bonchev–Trinajstić information content (AvgIpc) is 2.44. The first-order valence-corrected chi connectivity index (χ1v) is 5.99. The average molecular weight is 301 g/mol. The zero-order valence-electron chi connectivity index (χ0n) is 11.3. The van der Waals surface area contributed by atoms with Crippen molar-refractivity contribution in [1.29, 1.82) is 5.26 Å². The molecule has 0 aromatic heterocycles. The van der Waals surface area contributed by atoms with Gasteiger partial charge in [0.1, 0.15) is 0 Å². The summed E-state index contributed by atoms with van der Waals surface area (Å²) in [4.78, 5) is 11.4. The predicted octanol–water partition coefficient (Wildman–Crippen LogP) is 1.75. The van der Waals surface area contributed by atoms with Gasteiger partial charge in [0.05, 0.1) is 30.3 Å². The van der Waals surface area contributed by atoms with E-state index in [9.17, 15) is 18.0 Å². The van der Waals surface area contributed by atoms with E-state index in [0.717, 1.165) is 12.1 Å². The van der Waals surface area contributed by atoms with E-state index in [0.29, 0.717) is 13.2 Å². The molecular weight excluding hydrogens is 287 g/mol. The minimum Gasteiger partial charge on any atom is -0.383 e. The van der Waals surface area contributed by atoms with Crippen LogP contribution >= 0.6 is 0 Å². The fourth-order valence-electron chi connectivity index (χ4n) is 1.52. The number of hydrogen-bond donors (Lipinski definition) is 2. The minimum atomic E-state index is -4.62. The molecule has 0 unspecified atom stereocenters. The van der Waals surface area contributed by atoms with Gasteiger partial charge in [0.15, 0.2) is 0 Å². The van der Waals surface area contributed by atoms with Gasteiger partial charge in [-0.3, -0.25) is 4.79 Å². The van der Waals surface area contributed by atoms with Crippen LogP contribution in [-0.4, -0.2) is 32.7 Å². The molecule has 5 nitrogen and oxygen atoms in total. The van der Waals surface area contributed by atoms with E-state index in [-0.39, 0.29) is 18.1 Å². The van der Waals surface area contributed by atoms with Gasteiger partial charge >= 0.3 is 6.18 Å². The highest BCUT2D eigenvalue weighted by Gasteiger charge is 2.33. The molecule has 1 aromatic rings. The lowest BCUT2D eigenvalue weighted by Crippen LogP contribution is -2.32. The largest absolute Gasteiger partial charge is 0.417 e. The van der Waals surface area contributed by atoms with Crippen LogP contribution in [0.1, 0.15) is 11.1 Å². The van der Waals surface area contributed by atoms with Crippen LogP contribution in [-0.2, 0) is 15.7 Å². The molecule has 0 heterocycles. The van der Waals surface area contributed by atoms with Gasteiger partial charge in [0.2, 0.25) is 5.91 Å². The van der Waals surface area contributed by atoms with Crippen LogP contribution in [0.4, 0.5) is 18.9 Å². The van der Waals surface area contributed by atoms with E-state index >= 15 is 0 Å². The molecule has 0 spiro atoms. The number of hydrogen-bond acceptors (Lipinski definition) is 4. The predicted molar refractivity (Wildman–Crippen MR) is 69.5 cm³/mol. The molecule has 21 heavy (non-hydrogen) atoms. The third-order valence-corrected chi connectivity index (χ3v) is 2.53. The van der Waals surface area contributed by atoms with Gasteiger partial charge in [-0.25, -0.2) is 0 Å². The molecule has 0 saturated heterocycles. The van der Waals surface area contributed by atoms with Crippen LogP contribution in [0.25, 0.3) is 0 Å². The second-order valence-corrected chi connectivity index (χ2v) is 4.07. The number of rotatable bonds is 6. The van der Waals surface area contributed by atoms with Crippen LogP contribution < -0.4 is 10.6 Å². The Kier molecular flexibility index (Phi) is 5.99. The summed E-state index contributed by atoms with van der Waals surface area (Å²) in [7, 11) is 1.49. The molecule has 0 bridgehead atoms. The molecule has 0 fully saturated rings. The molecule has 114 valence electrons. The zero-order chi connectivity index (χ0) is 15.9. The Morgan fingerprint density at radius 3 is 2.71 bits per heavy atom. The number of benzene rings is 1. The quantitative estimate of drug-likeness (QED) is 0.785. The monoisotopic (exact) mass is 301 g/mol. The zero-order valence-corrected chi connectivity index (χ0v) is 11.3. The number of carbonyl (C=O) groups is 1. The number of halogens is 3. The number of anilines is 1. The molecule has 1 rings (SSSR count). The summed E-state index contributed by atoms with van der Waals surface area (Å²) in [5.74, 6) is -0.370. The van der Waals surface area contributed by atoms with E-state index in [4.69, 9.17) is 10.00 Å². The minimum absolute atomic E-state index is 0.114. The number of nitrogens with zero attached hydrogens (tertiary/aromatic N) is 1. The number of nitrogens with one attached hydrogen (secondary N) is 2. The summed E-state index contributed by atoms with van der Waals surface area (Å²) in [5, 5.41) is 13.8. The SMILES string of the molecule is COCCNC(=O)CNc1ccc(C#N)c(C(F)(F)F)c1. The lowest BCUT2D eigenvalue weighted by atomic mass is 10.1. The topological polar surface area (TPSA) is 74.2 Å². The molecule has 1 amide bonds. The van der Waals surface area contributed by atoms with Crippen molar-refractivity contribution in [3.05, 3.63) is 29.3 Å². The van der Waals surface area contributed by atoms with Gasteiger partial charge in [0.25, 0.3) is 0 Å². The summed E-state index contributed by atoms with van der Waals surface area (Å²) < 4.78 is 43.0. The summed E-state index contributed by atoms with van der Waals surface area (Å²) in [5.41, 5.74) is -1.38. The van der Waals surface area contributed by atoms with E-state index < -0.39 is 17.3 Å². The van der Waals surface area contributed by atoms with Crippen molar-refractivity contribution in [3.8, 4) is 6.07 Å². The van der Waals surface area contributed by atoms with E-state index in [1.165, 1.54) is 19.2 Å². The van der Waals surface area contributed by atoms with E-state index in [2.05, 4.69) is 10.6 Å². The molecule has 1 aromatic carbocycles. The first-order valence-electron chi connectivity index (χ1n) is 5.99. The van der Waals surface area contributed by atoms with Crippen LogP contribution in [0.5, 0.6) is 0 Å². The van der Waals surface area contributed by atoms with Crippen molar-refractivity contribution in [2.24, 2.45) is 0 Å². The Morgan fingerprint density at radius 2 is 2.14 bits per heavy atom. The Bertz CT molecular complexity index is 538. The summed E-state index contributed by atoms with van der Waals surface area (Å²) in [6.45, 7) is 0.492. The number of methoxy groups -OCH3 is 1. The Hall–Kier alpha value is -2.27. The van der Waals surface area contributed by atoms with Crippen molar-refractivity contribution in [2.45, 2.75) is 6.18 Å². The molecule has 0 saturated carbocycles. The van der Waals surface area contributed by atoms with Crippen molar-refractivity contribution in [3.63, 3.8) is 0 Å². The van der Waals surface area contributed by atoms with Gasteiger partial charge in [-0.05, 0) is 18.2 Å². The van der Waals surface area contributed by atoms with Gasteiger partial charge in [-0.1, -0.05) is 0 Å². The Labute approximate surface area is 119 Å². The highest BCUT2D eigenvalue weighted by atomic mass is 19.4. The van der Waals surface area contributed by atoms with E-state index in [1.54, 1.807) is 0 Å². The first-order chi connectivity index (χ1) is 9.88. The molecule has 8 heteroatoms. The maximum absolute atomic E-state index is 12.7. The Balaban J connectivity index is 2.69. The summed E-state index contributed by atoms with van der Waals surface area (Å²) in [6.07, 6.45) is -4.62. The fraction of sp³-hybridized carbons (Fsp3) is 0.385. The molecule has 0 aliphatic carbocycles. The third kappa shape index (κ3) is 5.31. The lowest BCUT2D eigenvalue weighted by molar-refractivity contribution is -0.137. The lowest BCUT2D eigenvalue weighted by Gasteiger charge is -2.12. The molecule has 0 aliphatic rings. The molecule has 0 radical (unpaired) electrons. The van der Waals surface area contributed by atoms with Crippen molar-refractivity contribution in [2.75, 3.05) is 32.1 Å². The summed E-state index contributed by atoms with van der Waals surface area (Å²) >= 11 is 0. The standard InChI is InChI=1S/C13H14F3N3O2/c1-21-5-4-18-12(20)8-19-10-3-2-9(7-17)11(6-10)13(14,15)16/h2-3,6,19H,4-5,8H2,1H3,(H,18,20). The molecular formula is C13H14F3N3O2. The number of carbonyl (C=O) groups excluding carboxylic acids is 1. The van der Waals surface area contributed by atoms with Crippen LogP contribution in [0.15, 0.2) is 18.2 Å².